The summed E-state index contributed by atoms with van der Waals surface area (Å²) in [5.74, 6) is 0. The SMILES string of the molecule is CN(CCN(C)c1ccccc1)C1=C(C#N)C(=C(C#N)C#N)CC(C)(C)C1. The van der Waals surface area contributed by atoms with Gasteiger partial charge >= 0.3 is 0 Å². The second-order valence-corrected chi connectivity index (χ2v) is 7.71. The van der Waals surface area contributed by atoms with Crippen LogP contribution < -0.4 is 4.90 Å². The number of hydrogen-bond donors (Lipinski definition) is 0. The van der Waals surface area contributed by atoms with Gasteiger partial charge in [0.15, 0.2) is 0 Å². The molecule has 0 N–H and O–H groups in total. The van der Waals surface area contributed by atoms with Crippen LogP contribution in [0.25, 0.3) is 0 Å². The average molecular weight is 359 g/mol. The van der Waals surface area contributed by atoms with Crippen LogP contribution in [0.5, 0.6) is 0 Å². The molecule has 0 heterocycles. The topological polar surface area (TPSA) is 77.8 Å². The lowest BCUT2D eigenvalue weighted by Crippen LogP contribution is -2.34. The quantitative estimate of drug-likeness (QED) is 0.743. The summed E-state index contributed by atoms with van der Waals surface area (Å²) >= 11 is 0. The van der Waals surface area contributed by atoms with E-state index in [1.54, 1.807) is 0 Å². The van der Waals surface area contributed by atoms with Gasteiger partial charge in [-0.3, -0.25) is 0 Å². The fourth-order valence-corrected chi connectivity index (χ4v) is 3.42. The molecule has 5 heteroatoms. The van der Waals surface area contributed by atoms with Crippen molar-refractivity contribution < 1.29 is 0 Å². The molecule has 2 rings (SSSR count). The molecule has 1 aromatic carbocycles. The summed E-state index contributed by atoms with van der Waals surface area (Å²) < 4.78 is 0. The number of hydrogen-bond acceptors (Lipinski definition) is 5. The standard InChI is InChI=1S/C22H25N5/c1-22(2)12-19(17(14-23)15-24)20(16-25)21(13-22)27(4)11-10-26(3)18-8-6-5-7-9-18/h5-9H,10-13H2,1-4H3. The number of likely N-dealkylation sites (N-methyl/N-ethyl adjacent to an activating group) is 2. The Morgan fingerprint density at radius 1 is 0.963 bits per heavy atom. The van der Waals surface area contributed by atoms with Crippen LogP contribution >= 0.6 is 0 Å². The van der Waals surface area contributed by atoms with Crippen molar-refractivity contribution in [2.24, 2.45) is 5.41 Å². The van der Waals surface area contributed by atoms with Gasteiger partial charge in [-0.2, -0.15) is 15.8 Å². The highest BCUT2D eigenvalue weighted by atomic mass is 15.2. The van der Waals surface area contributed by atoms with Crippen molar-refractivity contribution in [1.82, 2.24) is 4.90 Å². The molecule has 0 radical (unpaired) electrons. The second kappa shape index (κ2) is 8.43. The lowest BCUT2D eigenvalue weighted by molar-refractivity contribution is 0.288. The molecule has 0 atom stereocenters. The maximum atomic E-state index is 9.75. The largest absolute Gasteiger partial charge is 0.375 e. The van der Waals surface area contributed by atoms with Crippen LogP contribution in [-0.4, -0.2) is 32.1 Å². The number of nitrogens with zero attached hydrogens (tertiary/aromatic N) is 5. The maximum Gasteiger partial charge on any atom is 0.134 e. The van der Waals surface area contributed by atoms with Gasteiger partial charge in [0.05, 0.1) is 5.57 Å². The summed E-state index contributed by atoms with van der Waals surface area (Å²) in [6.45, 7) is 5.75. The minimum atomic E-state index is -0.108. The predicted octanol–water partition coefficient (Wildman–Crippen LogP) is 4.00. The van der Waals surface area contributed by atoms with Gasteiger partial charge < -0.3 is 9.80 Å². The molecule has 1 aliphatic carbocycles. The van der Waals surface area contributed by atoms with E-state index in [0.29, 0.717) is 17.6 Å². The Kier molecular flexibility index (Phi) is 6.27. The van der Waals surface area contributed by atoms with Crippen molar-refractivity contribution in [3.05, 3.63) is 52.7 Å². The molecule has 0 aliphatic heterocycles. The monoisotopic (exact) mass is 359 g/mol. The number of anilines is 1. The zero-order valence-corrected chi connectivity index (χ0v) is 16.5. The van der Waals surface area contributed by atoms with Crippen molar-refractivity contribution >= 4 is 5.69 Å². The molecule has 0 fully saturated rings. The van der Waals surface area contributed by atoms with Gasteiger partial charge in [0.1, 0.15) is 23.8 Å². The zero-order valence-electron chi connectivity index (χ0n) is 16.5. The van der Waals surface area contributed by atoms with Crippen LogP contribution in [0.1, 0.15) is 26.7 Å². The summed E-state index contributed by atoms with van der Waals surface area (Å²) in [7, 11) is 4.02. The number of rotatable bonds is 5. The summed E-state index contributed by atoms with van der Waals surface area (Å²) in [6.07, 6.45) is 1.31. The van der Waals surface area contributed by atoms with Crippen molar-refractivity contribution in [2.75, 3.05) is 32.1 Å². The third kappa shape index (κ3) is 4.69. The first-order valence-electron chi connectivity index (χ1n) is 8.97. The number of para-hydroxylation sites is 1. The van der Waals surface area contributed by atoms with Gasteiger partial charge in [-0.1, -0.05) is 32.0 Å². The van der Waals surface area contributed by atoms with Gasteiger partial charge in [0.2, 0.25) is 0 Å². The number of nitriles is 3. The van der Waals surface area contributed by atoms with Crippen LogP contribution in [0.3, 0.4) is 0 Å². The van der Waals surface area contributed by atoms with Crippen molar-refractivity contribution in [1.29, 1.82) is 15.8 Å². The van der Waals surface area contributed by atoms with Crippen molar-refractivity contribution in [3.63, 3.8) is 0 Å². The first-order chi connectivity index (χ1) is 12.8. The van der Waals surface area contributed by atoms with Crippen LogP contribution in [0.15, 0.2) is 52.7 Å². The number of benzene rings is 1. The first-order valence-corrected chi connectivity index (χ1v) is 8.97. The molecule has 0 amide bonds. The fourth-order valence-electron chi connectivity index (χ4n) is 3.42. The van der Waals surface area contributed by atoms with Gasteiger partial charge in [0, 0.05) is 44.1 Å². The van der Waals surface area contributed by atoms with E-state index in [9.17, 15) is 15.8 Å². The van der Waals surface area contributed by atoms with Crippen LogP contribution in [-0.2, 0) is 0 Å². The second-order valence-electron chi connectivity index (χ2n) is 7.71. The maximum absolute atomic E-state index is 9.75. The molecule has 0 spiro atoms. The first kappa shape index (κ1) is 20.1. The molecule has 0 aromatic heterocycles. The van der Waals surface area contributed by atoms with E-state index >= 15 is 0 Å². The smallest absolute Gasteiger partial charge is 0.134 e. The van der Waals surface area contributed by atoms with Crippen LogP contribution in [0.2, 0.25) is 0 Å². The Morgan fingerprint density at radius 3 is 2.11 bits per heavy atom. The van der Waals surface area contributed by atoms with E-state index in [1.165, 1.54) is 0 Å². The molecule has 138 valence electrons. The molecule has 0 bridgehead atoms. The summed E-state index contributed by atoms with van der Waals surface area (Å²) in [6, 6.07) is 16.3. The van der Waals surface area contributed by atoms with E-state index in [-0.39, 0.29) is 11.0 Å². The van der Waals surface area contributed by atoms with Gasteiger partial charge in [-0.15, -0.1) is 0 Å². The average Bonchev–Trinajstić information content (AvgIpc) is 2.66. The molecule has 0 saturated heterocycles. The van der Waals surface area contributed by atoms with E-state index in [4.69, 9.17) is 0 Å². The zero-order chi connectivity index (χ0) is 20.0. The summed E-state index contributed by atoms with van der Waals surface area (Å²) in [5, 5.41) is 28.4. The molecule has 0 saturated carbocycles. The third-order valence-electron chi connectivity index (χ3n) is 4.96. The van der Waals surface area contributed by atoms with Gasteiger partial charge in [0.25, 0.3) is 0 Å². The minimum Gasteiger partial charge on any atom is -0.375 e. The normalized spacial score (nSPS) is 15.4. The lowest BCUT2D eigenvalue weighted by Gasteiger charge is -2.37. The Balaban J connectivity index is 2.30. The Bertz CT molecular complexity index is 856. The van der Waals surface area contributed by atoms with Gasteiger partial charge in [-0.25, -0.2) is 0 Å². The van der Waals surface area contributed by atoms with Crippen molar-refractivity contribution in [3.8, 4) is 18.2 Å². The lowest BCUT2D eigenvalue weighted by atomic mass is 9.72. The van der Waals surface area contributed by atoms with Crippen molar-refractivity contribution in [2.45, 2.75) is 26.7 Å². The summed E-state index contributed by atoms with van der Waals surface area (Å²) in [5.41, 5.74) is 3.05. The highest BCUT2D eigenvalue weighted by Crippen LogP contribution is 2.43. The molecule has 1 aliphatic rings. The minimum absolute atomic E-state index is 0.0478. The highest BCUT2D eigenvalue weighted by molar-refractivity contribution is 5.57. The fraction of sp³-hybridized carbons (Fsp3) is 0.409. The Morgan fingerprint density at radius 2 is 1.56 bits per heavy atom. The predicted molar refractivity (Wildman–Crippen MR) is 106 cm³/mol. The van der Waals surface area contributed by atoms with E-state index in [2.05, 4.69) is 41.8 Å². The van der Waals surface area contributed by atoms with E-state index in [1.807, 2.05) is 44.4 Å². The highest BCUT2D eigenvalue weighted by Gasteiger charge is 2.34. The van der Waals surface area contributed by atoms with E-state index in [0.717, 1.165) is 30.9 Å². The summed E-state index contributed by atoms with van der Waals surface area (Å²) in [4.78, 5) is 4.26. The van der Waals surface area contributed by atoms with Crippen LogP contribution in [0.4, 0.5) is 5.69 Å². The third-order valence-corrected chi connectivity index (χ3v) is 4.96. The molecule has 27 heavy (non-hydrogen) atoms. The Hall–Kier alpha value is -3.23. The molecule has 0 unspecified atom stereocenters. The molecular weight excluding hydrogens is 334 g/mol. The van der Waals surface area contributed by atoms with E-state index < -0.39 is 0 Å². The molecular formula is C22H25N5. The number of allylic oxidation sites excluding steroid dienone is 4. The molecule has 1 aromatic rings. The molecule has 5 nitrogen and oxygen atoms in total. The Labute approximate surface area is 162 Å². The van der Waals surface area contributed by atoms with Crippen LogP contribution in [0, 0.1) is 39.4 Å². The van der Waals surface area contributed by atoms with Gasteiger partial charge in [-0.05, 0) is 30.4 Å².